The number of nitrogens with zero attached hydrogens (tertiary/aromatic N) is 1. The van der Waals surface area contributed by atoms with Gasteiger partial charge in [0.25, 0.3) is 0 Å². The highest BCUT2D eigenvalue weighted by molar-refractivity contribution is 5.38. The van der Waals surface area contributed by atoms with E-state index >= 15 is 0 Å². The van der Waals surface area contributed by atoms with Gasteiger partial charge in [0.05, 0.1) is 0 Å². The van der Waals surface area contributed by atoms with Crippen LogP contribution in [0.3, 0.4) is 0 Å². The van der Waals surface area contributed by atoms with E-state index in [1.54, 1.807) is 6.20 Å². The van der Waals surface area contributed by atoms with Gasteiger partial charge in [-0.15, -0.1) is 0 Å². The van der Waals surface area contributed by atoms with Crippen LogP contribution in [0, 0.1) is 11.8 Å². The zero-order chi connectivity index (χ0) is 13.7. The molecule has 0 saturated heterocycles. The molecule has 1 saturated carbocycles. The van der Waals surface area contributed by atoms with Crippen LogP contribution in [0.25, 0.3) is 0 Å². The van der Waals surface area contributed by atoms with Crippen molar-refractivity contribution in [3.63, 3.8) is 0 Å². The van der Waals surface area contributed by atoms with Crippen LogP contribution in [-0.2, 0) is 6.42 Å². The number of anilines is 1. The van der Waals surface area contributed by atoms with Crippen molar-refractivity contribution in [3.8, 4) is 0 Å². The van der Waals surface area contributed by atoms with E-state index in [2.05, 4.69) is 17.3 Å². The number of hydrogen-bond acceptors (Lipinski definition) is 4. The molecule has 0 aliphatic heterocycles. The van der Waals surface area contributed by atoms with E-state index in [1.165, 1.54) is 32.1 Å². The second-order valence-electron chi connectivity index (χ2n) is 5.71. The van der Waals surface area contributed by atoms with Gasteiger partial charge in [0, 0.05) is 12.2 Å². The first kappa shape index (κ1) is 14.3. The van der Waals surface area contributed by atoms with E-state index in [0.29, 0.717) is 17.8 Å². The Morgan fingerprint density at radius 3 is 2.68 bits per heavy atom. The third kappa shape index (κ3) is 3.67. The van der Waals surface area contributed by atoms with Crippen LogP contribution in [0.2, 0.25) is 0 Å². The van der Waals surface area contributed by atoms with E-state index < -0.39 is 0 Å². The largest absolute Gasteiger partial charge is 0.383 e. The third-order valence-corrected chi connectivity index (χ3v) is 4.62. The smallest absolute Gasteiger partial charge is 0.126 e. The summed E-state index contributed by atoms with van der Waals surface area (Å²) in [5.41, 5.74) is 10.0. The van der Waals surface area contributed by atoms with Crippen LogP contribution in [-0.4, -0.2) is 11.0 Å². The highest BCUT2D eigenvalue weighted by Crippen LogP contribution is 2.33. The lowest BCUT2D eigenvalue weighted by Gasteiger charge is -2.33. The van der Waals surface area contributed by atoms with Crippen molar-refractivity contribution < 1.29 is 0 Å². The average molecular weight is 262 g/mol. The number of pyridine rings is 1. The molecule has 1 fully saturated rings. The minimum absolute atomic E-state index is 0.310. The molecule has 4 nitrogen and oxygen atoms in total. The van der Waals surface area contributed by atoms with Gasteiger partial charge >= 0.3 is 0 Å². The van der Waals surface area contributed by atoms with E-state index in [0.717, 1.165) is 17.9 Å². The van der Waals surface area contributed by atoms with Crippen LogP contribution >= 0.6 is 0 Å². The Bertz CT molecular complexity index is 385. The second kappa shape index (κ2) is 6.87. The fraction of sp³-hybridized carbons (Fsp3) is 0.667. The Morgan fingerprint density at radius 2 is 2.11 bits per heavy atom. The van der Waals surface area contributed by atoms with Crippen LogP contribution in [0.5, 0.6) is 0 Å². The maximum absolute atomic E-state index is 5.92. The van der Waals surface area contributed by atoms with Crippen molar-refractivity contribution in [2.75, 3.05) is 5.73 Å². The first-order chi connectivity index (χ1) is 9.24. The van der Waals surface area contributed by atoms with Crippen molar-refractivity contribution >= 4 is 5.82 Å². The molecule has 2 rings (SSSR count). The van der Waals surface area contributed by atoms with Crippen LogP contribution < -0.4 is 17.0 Å². The molecule has 19 heavy (non-hydrogen) atoms. The predicted molar refractivity (Wildman–Crippen MR) is 79.2 cm³/mol. The van der Waals surface area contributed by atoms with E-state index in [1.807, 2.05) is 12.1 Å². The van der Waals surface area contributed by atoms with Gasteiger partial charge in [0.1, 0.15) is 5.82 Å². The lowest BCUT2D eigenvalue weighted by Crippen LogP contribution is -2.43. The SMILES string of the molecule is CCC1CCC(C(Cc2cccnc2N)NN)CC1. The summed E-state index contributed by atoms with van der Waals surface area (Å²) in [4.78, 5) is 4.15. The first-order valence-electron chi connectivity index (χ1n) is 7.40. The summed E-state index contributed by atoms with van der Waals surface area (Å²) in [6.45, 7) is 2.29. The summed E-state index contributed by atoms with van der Waals surface area (Å²) in [5, 5.41) is 0. The molecular formula is C15H26N4. The Hall–Kier alpha value is -1.13. The number of hydrazine groups is 1. The van der Waals surface area contributed by atoms with Gasteiger partial charge in [-0.2, -0.15) is 0 Å². The summed E-state index contributed by atoms with van der Waals surface area (Å²) in [6.07, 6.45) is 9.13. The zero-order valence-electron chi connectivity index (χ0n) is 11.8. The molecule has 1 aliphatic rings. The average Bonchev–Trinajstić information content (AvgIpc) is 2.47. The number of nitrogens with two attached hydrogens (primary N) is 2. The number of hydrogen-bond donors (Lipinski definition) is 3. The predicted octanol–water partition coefficient (Wildman–Crippen LogP) is 2.25. The number of rotatable bonds is 5. The molecule has 4 heteroatoms. The molecular weight excluding hydrogens is 236 g/mol. The summed E-state index contributed by atoms with van der Waals surface area (Å²) >= 11 is 0. The number of aromatic nitrogens is 1. The van der Waals surface area contributed by atoms with Gasteiger partial charge in [-0.05, 0) is 42.7 Å². The lowest BCUT2D eigenvalue weighted by molar-refractivity contribution is 0.217. The fourth-order valence-electron chi connectivity index (χ4n) is 3.22. The molecule has 1 aromatic heterocycles. The van der Waals surface area contributed by atoms with Crippen molar-refractivity contribution in [1.82, 2.24) is 10.4 Å². The summed E-state index contributed by atoms with van der Waals surface area (Å²) in [6, 6.07) is 4.29. The van der Waals surface area contributed by atoms with Crippen LogP contribution in [0.1, 0.15) is 44.6 Å². The molecule has 1 unspecified atom stereocenters. The summed E-state index contributed by atoms with van der Waals surface area (Å²) < 4.78 is 0. The van der Waals surface area contributed by atoms with Crippen molar-refractivity contribution in [3.05, 3.63) is 23.9 Å². The standard InChI is InChI=1S/C15H26N4/c1-2-11-5-7-12(8-6-11)14(19-17)10-13-4-3-9-18-15(13)16/h3-4,9,11-12,14,19H,2,5-8,10,17H2,1H3,(H2,16,18). The Labute approximate surface area is 115 Å². The Morgan fingerprint density at radius 1 is 1.37 bits per heavy atom. The highest BCUT2D eigenvalue weighted by atomic mass is 15.2. The van der Waals surface area contributed by atoms with E-state index in [9.17, 15) is 0 Å². The van der Waals surface area contributed by atoms with Gasteiger partial charge in [0.2, 0.25) is 0 Å². The van der Waals surface area contributed by atoms with E-state index in [-0.39, 0.29) is 0 Å². The lowest BCUT2D eigenvalue weighted by atomic mass is 9.76. The fourth-order valence-corrected chi connectivity index (χ4v) is 3.22. The summed E-state index contributed by atoms with van der Waals surface area (Å²) in [7, 11) is 0. The molecule has 1 heterocycles. The second-order valence-corrected chi connectivity index (χ2v) is 5.71. The molecule has 0 aromatic carbocycles. The number of nitrogens with one attached hydrogen (secondary N) is 1. The third-order valence-electron chi connectivity index (χ3n) is 4.62. The van der Waals surface area contributed by atoms with Gasteiger partial charge in [-0.1, -0.05) is 32.3 Å². The van der Waals surface area contributed by atoms with Crippen molar-refractivity contribution in [2.45, 2.75) is 51.5 Å². The maximum atomic E-state index is 5.92. The highest BCUT2D eigenvalue weighted by Gasteiger charge is 2.26. The molecule has 5 N–H and O–H groups in total. The molecule has 0 amide bonds. The van der Waals surface area contributed by atoms with Crippen molar-refractivity contribution in [1.29, 1.82) is 0 Å². The quantitative estimate of drug-likeness (QED) is 0.562. The maximum Gasteiger partial charge on any atom is 0.126 e. The van der Waals surface area contributed by atoms with Gasteiger partial charge < -0.3 is 5.73 Å². The molecule has 1 atom stereocenters. The monoisotopic (exact) mass is 262 g/mol. The minimum Gasteiger partial charge on any atom is -0.383 e. The Kier molecular flexibility index (Phi) is 5.16. The van der Waals surface area contributed by atoms with Gasteiger partial charge in [-0.25, -0.2) is 4.98 Å². The topological polar surface area (TPSA) is 77.0 Å². The van der Waals surface area contributed by atoms with Gasteiger partial charge in [0.15, 0.2) is 0 Å². The van der Waals surface area contributed by atoms with Crippen LogP contribution in [0.4, 0.5) is 5.82 Å². The van der Waals surface area contributed by atoms with Gasteiger partial charge in [-0.3, -0.25) is 11.3 Å². The van der Waals surface area contributed by atoms with Crippen LogP contribution in [0.15, 0.2) is 18.3 Å². The normalized spacial score (nSPS) is 25.2. The molecule has 1 aliphatic carbocycles. The summed E-state index contributed by atoms with van der Waals surface area (Å²) in [5.74, 6) is 7.96. The first-order valence-corrected chi connectivity index (χ1v) is 7.40. The molecule has 0 radical (unpaired) electrons. The Balaban J connectivity index is 1.95. The molecule has 0 spiro atoms. The van der Waals surface area contributed by atoms with Crippen molar-refractivity contribution in [2.24, 2.45) is 17.7 Å². The molecule has 0 bridgehead atoms. The zero-order valence-corrected chi connectivity index (χ0v) is 11.8. The van der Waals surface area contributed by atoms with E-state index in [4.69, 9.17) is 11.6 Å². The molecule has 1 aromatic rings. The minimum atomic E-state index is 0.310. The molecule has 106 valence electrons. The number of nitrogen functional groups attached to an aromatic ring is 1.